The van der Waals surface area contributed by atoms with E-state index < -0.39 is 0 Å². The molecule has 2 aromatic carbocycles. The van der Waals surface area contributed by atoms with Crippen LogP contribution in [-0.2, 0) is 11.2 Å². The maximum atomic E-state index is 4.96. The Bertz CT molecular complexity index is 597. The summed E-state index contributed by atoms with van der Waals surface area (Å²) in [5, 5.41) is 0. The fourth-order valence-electron chi connectivity index (χ4n) is 2.48. The molecule has 1 fully saturated rings. The maximum Gasteiger partial charge on any atom is 0.127 e. The first-order chi connectivity index (χ1) is 9.78. The van der Waals surface area contributed by atoms with E-state index in [0.29, 0.717) is 0 Å². The van der Waals surface area contributed by atoms with Crippen molar-refractivity contribution in [2.24, 2.45) is 0 Å². The fourth-order valence-corrected chi connectivity index (χ4v) is 2.48. The second-order valence-electron chi connectivity index (χ2n) is 5.14. The molecule has 0 atom stereocenters. The van der Waals surface area contributed by atoms with Gasteiger partial charge in [-0.05, 0) is 28.7 Å². The Kier molecular flexibility index (Phi) is 3.29. The lowest BCUT2D eigenvalue weighted by molar-refractivity contribution is 0.393. The summed E-state index contributed by atoms with van der Waals surface area (Å²) in [6.07, 6.45) is 4.63. The zero-order valence-electron chi connectivity index (χ0n) is 11.5. The van der Waals surface area contributed by atoms with Gasteiger partial charge >= 0.3 is 0 Å². The molecule has 20 heavy (non-hydrogen) atoms. The van der Waals surface area contributed by atoms with Gasteiger partial charge in [0.05, 0.1) is 6.61 Å². The van der Waals surface area contributed by atoms with E-state index in [1.807, 2.05) is 0 Å². The smallest absolute Gasteiger partial charge is 0.127 e. The molecule has 0 bridgehead atoms. The van der Waals surface area contributed by atoms with Crippen molar-refractivity contribution in [1.82, 2.24) is 0 Å². The van der Waals surface area contributed by atoms with E-state index in [4.69, 9.17) is 4.74 Å². The number of hydrogen-bond donors (Lipinski definition) is 0. The highest BCUT2D eigenvalue weighted by atomic mass is 16.6. The molecule has 0 spiro atoms. The first kappa shape index (κ1) is 12.9. The Morgan fingerprint density at radius 1 is 0.850 bits per heavy atom. The van der Waals surface area contributed by atoms with Gasteiger partial charge in [-0.2, -0.15) is 0 Å². The summed E-state index contributed by atoms with van der Waals surface area (Å²) < 4.78 is 4.96. The quantitative estimate of drug-likeness (QED) is 0.493. The molecule has 0 aromatic heterocycles. The third kappa shape index (κ3) is 2.33. The van der Waals surface area contributed by atoms with Crippen LogP contribution in [0.3, 0.4) is 0 Å². The topological polar surface area (TPSA) is 12.5 Å². The molecule has 0 saturated carbocycles. The highest BCUT2D eigenvalue weighted by Gasteiger charge is 2.37. The lowest BCUT2D eigenvalue weighted by Gasteiger charge is -1.98. The van der Waals surface area contributed by atoms with E-state index in [1.54, 1.807) is 12.2 Å². The third-order valence-electron chi connectivity index (χ3n) is 3.87. The zero-order chi connectivity index (χ0) is 14.0. The summed E-state index contributed by atoms with van der Waals surface area (Å²) in [6, 6.07) is 17.3. The average Bonchev–Trinajstić information content (AvgIpc) is 3.22. The van der Waals surface area contributed by atoms with E-state index in [2.05, 4.69) is 61.7 Å². The second-order valence-corrected chi connectivity index (χ2v) is 5.14. The van der Waals surface area contributed by atoms with Gasteiger partial charge in [0.1, 0.15) is 5.60 Å². The zero-order valence-corrected chi connectivity index (χ0v) is 11.5. The van der Waals surface area contributed by atoms with Gasteiger partial charge in [-0.3, -0.25) is 0 Å². The summed E-state index contributed by atoms with van der Waals surface area (Å²) in [5.74, 6) is 0. The van der Waals surface area contributed by atoms with Gasteiger partial charge in [-0.25, -0.2) is 0 Å². The van der Waals surface area contributed by atoms with Crippen LogP contribution < -0.4 is 0 Å². The molecule has 4 rings (SSSR count). The standard InChI is InChI=1S/C13H10.C6H8O/c1-3-7-12-10(5-1)9-11-6-2-4-8-13(11)12;1-3-6(4-2)5-7-6/h1-8H,9H2;3-4H,1-2,5H2. The van der Waals surface area contributed by atoms with Crippen LogP contribution in [0.2, 0.25) is 0 Å². The van der Waals surface area contributed by atoms with Crippen LogP contribution in [0.15, 0.2) is 73.8 Å². The maximum absolute atomic E-state index is 4.96. The predicted octanol–water partition coefficient (Wildman–Crippen LogP) is 4.39. The fraction of sp³-hybridized carbons (Fsp3) is 0.158. The third-order valence-corrected chi connectivity index (χ3v) is 3.87. The Morgan fingerprint density at radius 3 is 1.65 bits per heavy atom. The van der Waals surface area contributed by atoms with E-state index in [1.165, 1.54) is 22.3 Å². The van der Waals surface area contributed by atoms with Crippen molar-refractivity contribution in [2.45, 2.75) is 12.0 Å². The minimum Gasteiger partial charge on any atom is -0.361 e. The van der Waals surface area contributed by atoms with Crippen LogP contribution in [-0.4, -0.2) is 12.2 Å². The second kappa shape index (κ2) is 5.10. The van der Waals surface area contributed by atoms with E-state index in [9.17, 15) is 0 Å². The molecule has 1 saturated heterocycles. The first-order valence-corrected chi connectivity index (χ1v) is 6.85. The number of benzene rings is 2. The van der Waals surface area contributed by atoms with Crippen molar-refractivity contribution in [3.63, 3.8) is 0 Å². The Balaban J connectivity index is 0.000000147. The number of hydrogen-bond acceptors (Lipinski definition) is 1. The normalized spacial score (nSPS) is 16.2. The SMILES string of the molecule is C=CC1(C=C)CO1.c1ccc2c(c1)Cc1ccccc1-2. The highest BCUT2D eigenvalue weighted by molar-refractivity contribution is 5.76. The molecular formula is C19H18O. The van der Waals surface area contributed by atoms with Crippen molar-refractivity contribution in [2.75, 3.05) is 6.61 Å². The summed E-state index contributed by atoms with van der Waals surface area (Å²) in [5.41, 5.74) is 5.61. The van der Waals surface area contributed by atoms with Crippen molar-refractivity contribution < 1.29 is 4.74 Å². The molecule has 0 radical (unpaired) electrons. The van der Waals surface area contributed by atoms with Crippen LogP contribution in [0, 0.1) is 0 Å². The molecule has 100 valence electrons. The van der Waals surface area contributed by atoms with Crippen LogP contribution in [0.25, 0.3) is 11.1 Å². The molecule has 1 nitrogen and oxygen atoms in total. The lowest BCUT2D eigenvalue weighted by Crippen LogP contribution is -1.97. The Labute approximate surface area is 120 Å². The van der Waals surface area contributed by atoms with E-state index >= 15 is 0 Å². The molecule has 2 aromatic rings. The molecule has 1 heterocycles. The summed E-state index contributed by atoms with van der Waals surface area (Å²) in [6.45, 7) is 7.90. The van der Waals surface area contributed by atoms with Crippen molar-refractivity contribution >= 4 is 0 Å². The minimum absolute atomic E-state index is 0.139. The largest absolute Gasteiger partial charge is 0.361 e. The number of ether oxygens (including phenoxy) is 1. The van der Waals surface area contributed by atoms with Gasteiger partial charge in [0.2, 0.25) is 0 Å². The predicted molar refractivity (Wildman–Crippen MR) is 83.8 cm³/mol. The molecule has 2 aliphatic rings. The van der Waals surface area contributed by atoms with E-state index in [-0.39, 0.29) is 5.60 Å². The van der Waals surface area contributed by atoms with E-state index in [0.717, 1.165) is 13.0 Å². The van der Waals surface area contributed by atoms with Gasteiger partial charge in [-0.1, -0.05) is 73.8 Å². The summed E-state index contributed by atoms with van der Waals surface area (Å²) in [4.78, 5) is 0. The van der Waals surface area contributed by atoms with Gasteiger partial charge in [0.15, 0.2) is 0 Å². The molecular weight excluding hydrogens is 244 g/mol. The minimum atomic E-state index is -0.139. The van der Waals surface area contributed by atoms with Crippen molar-refractivity contribution in [3.05, 3.63) is 85.0 Å². The van der Waals surface area contributed by atoms with Crippen LogP contribution >= 0.6 is 0 Å². The summed E-state index contributed by atoms with van der Waals surface area (Å²) in [7, 11) is 0. The van der Waals surface area contributed by atoms with Crippen LogP contribution in [0.1, 0.15) is 11.1 Å². The molecule has 0 N–H and O–H groups in total. The van der Waals surface area contributed by atoms with Gasteiger partial charge in [0, 0.05) is 0 Å². The Morgan fingerprint density at radius 2 is 1.30 bits per heavy atom. The molecule has 1 aliphatic heterocycles. The molecule has 1 heteroatoms. The molecule has 0 unspecified atom stereocenters. The van der Waals surface area contributed by atoms with Crippen molar-refractivity contribution in [3.8, 4) is 11.1 Å². The van der Waals surface area contributed by atoms with Gasteiger partial charge < -0.3 is 4.74 Å². The highest BCUT2D eigenvalue weighted by Crippen LogP contribution is 2.35. The molecule has 0 amide bonds. The summed E-state index contributed by atoms with van der Waals surface area (Å²) >= 11 is 0. The first-order valence-electron chi connectivity index (χ1n) is 6.85. The number of epoxide rings is 1. The van der Waals surface area contributed by atoms with Gasteiger partial charge in [-0.15, -0.1) is 0 Å². The number of rotatable bonds is 2. The molecule has 1 aliphatic carbocycles. The Hall–Kier alpha value is -2.12. The monoisotopic (exact) mass is 262 g/mol. The lowest BCUT2D eigenvalue weighted by atomic mass is 10.1. The van der Waals surface area contributed by atoms with Crippen LogP contribution in [0.4, 0.5) is 0 Å². The average molecular weight is 262 g/mol. The van der Waals surface area contributed by atoms with Crippen LogP contribution in [0.5, 0.6) is 0 Å². The van der Waals surface area contributed by atoms with Crippen molar-refractivity contribution in [1.29, 1.82) is 0 Å². The van der Waals surface area contributed by atoms with Gasteiger partial charge in [0.25, 0.3) is 0 Å². The number of fused-ring (bicyclic) bond motifs is 3.